The molecule has 2 rings (SSSR count). The van der Waals surface area contributed by atoms with Gasteiger partial charge in [-0.25, -0.2) is 4.98 Å². The number of hydrogen-bond acceptors (Lipinski definition) is 4. The van der Waals surface area contributed by atoms with Crippen LogP contribution >= 0.6 is 22.6 Å². The van der Waals surface area contributed by atoms with Gasteiger partial charge in [-0.05, 0) is 22.6 Å². The van der Waals surface area contributed by atoms with Gasteiger partial charge in [0.25, 0.3) is 0 Å². The molecule has 0 radical (unpaired) electrons. The van der Waals surface area contributed by atoms with E-state index in [1.807, 2.05) is 6.20 Å². The minimum atomic E-state index is -0.593. The summed E-state index contributed by atoms with van der Waals surface area (Å²) < 4.78 is 8.13. The van der Waals surface area contributed by atoms with Gasteiger partial charge < -0.3 is 19.5 Å². The Labute approximate surface area is 94.9 Å². The monoisotopic (exact) mass is 310 g/mol. The number of ether oxygens (including phenoxy) is 1. The third-order valence-corrected chi connectivity index (χ3v) is 2.84. The van der Waals surface area contributed by atoms with Crippen LogP contribution in [0.4, 0.5) is 0 Å². The molecule has 0 saturated carbocycles. The number of aromatic nitrogens is 2. The quantitative estimate of drug-likeness (QED) is 0.762. The fourth-order valence-corrected chi connectivity index (χ4v) is 1.98. The molecule has 14 heavy (non-hydrogen) atoms. The van der Waals surface area contributed by atoms with Gasteiger partial charge in [0, 0.05) is 12.6 Å². The summed E-state index contributed by atoms with van der Waals surface area (Å²) in [5.74, 6) is 0. The van der Waals surface area contributed by atoms with Crippen LogP contribution in [-0.4, -0.2) is 38.6 Å². The zero-order chi connectivity index (χ0) is 10.1. The lowest BCUT2D eigenvalue weighted by Crippen LogP contribution is -2.24. The highest BCUT2D eigenvalue weighted by molar-refractivity contribution is 14.1. The number of hydrogen-bond donors (Lipinski definition) is 2. The van der Waals surface area contributed by atoms with Crippen molar-refractivity contribution in [2.75, 3.05) is 6.61 Å². The summed E-state index contributed by atoms with van der Waals surface area (Å²) in [6.07, 6.45) is 2.73. The van der Waals surface area contributed by atoms with Crippen molar-refractivity contribution in [3.05, 3.63) is 16.2 Å². The molecule has 0 unspecified atom stereocenters. The van der Waals surface area contributed by atoms with E-state index in [0.717, 1.165) is 3.70 Å². The van der Waals surface area contributed by atoms with Crippen molar-refractivity contribution in [3.8, 4) is 0 Å². The smallest absolute Gasteiger partial charge is 0.138 e. The molecule has 3 atom stereocenters. The first-order chi connectivity index (χ1) is 6.70. The molecule has 0 spiro atoms. The average molecular weight is 310 g/mol. The van der Waals surface area contributed by atoms with Gasteiger partial charge in [0.2, 0.25) is 0 Å². The molecule has 1 fully saturated rings. The number of aliphatic hydroxyl groups is 2. The Kier molecular flexibility index (Phi) is 3.05. The van der Waals surface area contributed by atoms with Crippen LogP contribution in [0.1, 0.15) is 12.6 Å². The minimum Gasteiger partial charge on any atom is -0.394 e. The van der Waals surface area contributed by atoms with Gasteiger partial charge >= 0.3 is 0 Å². The molecule has 78 valence electrons. The molecule has 0 aromatic carbocycles. The fourth-order valence-electron chi connectivity index (χ4n) is 1.53. The van der Waals surface area contributed by atoms with Crippen LogP contribution in [-0.2, 0) is 4.74 Å². The average Bonchev–Trinajstić information content (AvgIpc) is 2.71. The molecule has 1 aliphatic heterocycles. The second-order valence-corrected chi connectivity index (χ2v) is 4.36. The molecule has 5 nitrogen and oxygen atoms in total. The summed E-state index contributed by atoms with van der Waals surface area (Å²) in [6.45, 7) is -0.149. The largest absolute Gasteiger partial charge is 0.394 e. The second kappa shape index (κ2) is 4.13. The predicted molar refractivity (Wildman–Crippen MR) is 56.6 cm³/mol. The number of rotatable bonds is 2. The Morgan fingerprint density at radius 3 is 3.00 bits per heavy atom. The van der Waals surface area contributed by atoms with Gasteiger partial charge in [0.05, 0.1) is 19.0 Å². The Bertz CT molecular complexity index is 317. The predicted octanol–water partition coefficient (Wildman–Crippen LogP) is 0.128. The molecule has 0 bridgehead atoms. The zero-order valence-corrected chi connectivity index (χ0v) is 9.53. The van der Waals surface area contributed by atoms with Crippen molar-refractivity contribution in [2.45, 2.75) is 24.9 Å². The van der Waals surface area contributed by atoms with Crippen LogP contribution in [0.3, 0.4) is 0 Å². The van der Waals surface area contributed by atoms with Crippen LogP contribution in [0.25, 0.3) is 0 Å². The van der Waals surface area contributed by atoms with Crippen molar-refractivity contribution in [1.29, 1.82) is 0 Å². The van der Waals surface area contributed by atoms with Crippen molar-refractivity contribution >= 4 is 22.6 Å². The van der Waals surface area contributed by atoms with E-state index in [2.05, 4.69) is 27.6 Å². The Morgan fingerprint density at radius 2 is 2.50 bits per heavy atom. The highest BCUT2D eigenvalue weighted by Gasteiger charge is 2.34. The topological polar surface area (TPSA) is 67.5 Å². The van der Waals surface area contributed by atoms with Gasteiger partial charge in [0.15, 0.2) is 0 Å². The maximum Gasteiger partial charge on any atom is 0.138 e. The van der Waals surface area contributed by atoms with E-state index in [9.17, 15) is 5.11 Å². The number of halogens is 1. The molecule has 2 heterocycles. The number of aliphatic hydroxyl groups excluding tert-OH is 2. The molecule has 6 heteroatoms. The van der Waals surface area contributed by atoms with Crippen LogP contribution in [0.15, 0.2) is 12.5 Å². The van der Waals surface area contributed by atoms with Crippen LogP contribution in [0, 0.1) is 3.70 Å². The Morgan fingerprint density at radius 1 is 1.71 bits per heavy atom. The molecule has 2 N–H and O–H groups in total. The second-order valence-electron chi connectivity index (χ2n) is 3.26. The summed E-state index contributed by atoms with van der Waals surface area (Å²) in [6, 6.07) is 0. The van der Waals surface area contributed by atoms with E-state index < -0.39 is 12.2 Å². The number of imidazole rings is 1. The summed E-state index contributed by atoms with van der Waals surface area (Å²) >= 11 is 2.11. The van der Waals surface area contributed by atoms with E-state index in [1.165, 1.54) is 0 Å². The fraction of sp³-hybridized carbons (Fsp3) is 0.625. The SMILES string of the molecule is OC[C@H]1O[C@@H](n2cnc(I)c2)C[C@@H]1O. The standard InChI is InChI=1S/C8H11IN2O3/c9-7-2-11(4-10-7)8-1-5(13)6(3-12)14-8/h2,4-6,8,12-13H,1,3H2/t5-,6+,8+/m0/s1. The first kappa shape index (κ1) is 10.3. The summed E-state index contributed by atoms with van der Waals surface area (Å²) in [5, 5.41) is 18.4. The van der Waals surface area contributed by atoms with Gasteiger partial charge in [-0.3, -0.25) is 0 Å². The molecule has 1 aromatic rings. The molecule has 1 saturated heterocycles. The normalized spacial score (nSPS) is 32.4. The van der Waals surface area contributed by atoms with E-state index in [0.29, 0.717) is 6.42 Å². The van der Waals surface area contributed by atoms with E-state index in [-0.39, 0.29) is 12.8 Å². The van der Waals surface area contributed by atoms with Crippen molar-refractivity contribution in [2.24, 2.45) is 0 Å². The highest BCUT2D eigenvalue weighted by Crippen LogP contribution is 2.28. The molecule has 1 aromatic heterocycles. The van der Waals surface area contributed by atoms with Gasteiger partial charge in [-0.15, -0.1) is 0 Å². The van der Waals surface area contributed by atoms with Crippen LogP contribution in [0.5, 0.6) is 0 Å². The van der Waals surface area contributed by atoms with Crippen molar-refractivity contribution < 1.29 is 14.9 Å². The third-order valence-electron chi connectivity index (χ3n) is 2.29. The first-order valence-electron chi connectivity index (χ1n) is 4.34. The Hall–Kier alpha value is -0.180. The van der Waals surface area contributed by atoms with Crippen molar-refractivity contribution in [3.63, 3.8) is 0 Å². The summed E-state index contributed by atoms with van der Waals surface area (Å²) in [7, 11) is 0. The van der Waals surface area contributed by atoms with Gasteiger partial charge in [-0.2, -0.15) is 0 Å². The van der Waals surface area contributed by atoms with Crippen LogP contribution < -0.4 is 0 Å². The highest BCUT2D eigenvalue weighted by atomic mass is 127. The van der Waals surface area contributed by atoms with E-state index >= 15 is 0 Å². The maximum atomic E-state index is 9.51. The molecule has 0 aliphatic carbocycles. The van der Waals surface area contributed by atoms with E-state index in [1.54, 1.807) is 10.9 Å². The first-order valence-corrected chi connectivity index (χ1v) is 5.42. The summed E-state index contributed by atoms with van der Waals surface area (Å²) in [5.41, 5.74) is 0. The third kappa shape index (κ3) is 1.92. The zero-order valence-electron chi connectivity index (χ0n) is 7.38. The minimum absolute atomic E-state index is 0.149. The summed E-state index contributed by atoms with van der Waals surface area (Å²) in [4.78, 5) is 4.06. The lowest BCUT2D eigenvalue weighted by Gasteiger charge is -2.12. The molecular weight excluding hydrogens is 299 g/mol. The molecule has 1 aliphatic rings. The molecule has 0 amide bonds. The lowest BCUT2D eigenvalue weighted by molar-refractivity contribution is -0.0444. The van der Waals surface area contributed by atoms with Crippen molar-refractivity contribution in [1.82, 2.24) is 9.55 Å². The number of nitrogens with zero attached hydrogens (tertiary/aromatic N) is 2. The maximum absolute atomic E-state index is 9.51. The van der Waals surface area contributed by atoms with E-state index in [4.69, 9.17) is 9.84 Å². The van der Waals surface area contributed by atoms with Crippen LogP contribution in [0.2, 0.25) is 0 Å². The van der Waals surface area contributed by atoms with Gasteiger partial charge in [0.1, 0.15) is 16.0 Å². The Balaban J connectivity index is 2.08. The lowest BCUT2D eigenvalue weighted by atomic mass is 10.2. The van der Waals surface area contributed by atoms with Gasteiger partial charge in [-0.1, -0.05) is 0 Å². The molecular formula is C8H11IN2O3.